The van der Waals surface area contributed by atoms with E-state index in [1.54, 1.807) is 35.9 Å². The summed E-state index contributed by atoms with van der Waals surface area (Å²) >= 11 is 6.32. The zero-order valence-corrected chi connectivity index (χ0v) is 18.8. The molecule has 0 fully saturated rings. The SMILES string of the molecule is Cc1nc2c(-c3ncn[nH]3)cc(-c3ccnc(N)c3F)cc2n1-c1ccnc2c(Cl)ccc(F)c12. The number of hydrogen-bond acceptors (Lipinski definition) is 6. The molecule has 4 aromatic heterocycles. The van der Waals surface area contributed by atoms with Gasteiger partial charge < -0.3 is 5.73 Å². The van der Waals surface area contributed by atoms with Gasteiger partial charge in [-0.05, 0) is 48.9 Å². The monoisotopic (exact) mass is 488 g/mol. The first-order valence-electron chi connectivity index (χ1n) is 10.5. The summed E-state index contributed by atoms with van der Waals surface area (Å²) in [5, 5.41) is 7.34. The van der Waals surface area contributed by atoms with E-state index in [1.807, 2.05) is 0 Å². The molecule has 0 saturated heterocycles. The lowest BCUT2D eigenvalue weighted by Gasteiger charge is -2.13. The number of aromatic nitrogens is 7. The van der Waals surface area contributed by atoms with Crippen LogP contribution in [0.1, 0.15) is 5.82 Å². The van der Waals surface area contributed by atoms with Crippen molar-refractivity contribution in [2.75, 3.05) is 5.73 Å². The van der Waals surface area contributed by atoms with Gasteiger partial charge in [-0.15, -0.1) is 0 Å². The molecule has 11 heteroatoms. The molecule has 4 heterocycles. The van der Waals surface area contributed by atoms with Gasteiger partial charge in [-0.2, -0.15) is 5.10 Å². The van der Waals surface area contributed by atoms with Gasteiger partial charge in [0.2, 0.25) is 0 Å². The second-order valence-electron chi connectivity index (χ2n) is 7.86. The Bertz CT molecular complexity index is 1760. The Morgan fingerprint density at radius 3 is 2.60 bits per heavy atom. The summed E-state index contributed by atoms with van der Waals surface area (Å²) < 4.78 is 31.8. The number of H-pyrrole nitrogens is 1. The number of nitrogens with two attached hydrogens (primary N) is 1. The van der Waals surface area contributed by atoms with E-state index in [-0.39, 0.29) is 16.8 Å². The zero-order valence-electron chi connectivity index (χ0n) is 18.1. The molecule has 0 bridgehead atoms. The van der Waals surface area contributed by atoms with Crippen molar-refractivity contribution in [1.82, 2.24) is 34.7 Å². The second-order valence-corrected chi connectivity index (χ2v) is 8.27. The zero-order chi connectivity index (χ0) is 24.3. The van der Waals surface area contributed by atoms with E-state index in [0.29, 0.717) is 50.0 Å². The predicted octanol–water partition coefficient (Wildman–Crippen LogP) is 5.24. The Hall–Kier alpha value is -4.44. The molecule has 0 saturated carbocycles. The summed E-state index contributed by atoms with van der Waals surface area (Å²) in [5.74, 6) is -0.332. The van der Waals surface area contributed by atoms with Crippen LogP contribution in [0.25, 0.3) is 50.1 Å². The van der Waals surface area contributed by atoms with Crippen molar-refractivity contribution in [3.8, 4) is 28.2 Å². The number of benzene rings is 2. The van der Waals surface area contributed by atoms with E-state index < -0.39 is 11.6 Å². The molecule has 0 unspecified atom stereocenters. The van der Waals surface area contributed by atoms with E-state index in [4.69, 9.17) is 22.3 Å². The van der Waals surface area contributed by atoms with Gasteiger partial charge in [0.1, 0.15) is 23.5 Å². The van der Waals surface area contributed by atoms with E-state index in [9.17, 15) is 4.39 Å². The number of halogens is 3. The van der Waals surface area contributed by atoms with Crippen LogP contribution in [0.5, 0.6) is 0 Å². The lowest BCUT2D eigenvalue weighted by Crippen LogP contribution is -2.01. The van der Waals surface area contributed by atoms with Crippen LogP contribution in [-0.4, -0.2) is 34.7 Å². The van der Waals surface area contributed by atoms with Gasteiger partial charge >= 0.3 is 0 Å². The standard InChI is InChI=1S/C24H15ClF2N8/c1-11-33-21-14(24-31-10-32-34-24)8-12(13-4-6-30-23(28)20(13)27)9-18(21)35(11)17-5-7-29-22-15(25)2-3-16(26)19(17)22/h2-10H,1H3,(H2,28,30)(H,31,32,34). The summed E-state index contributed by atoms with van der Waals surface area (Å²) in [6, 6.07) is 9.49. The van der Waals surface area contributed by atoms with Crippen molar-refractivity contribution in [1.29, 1.82) is 0 Å². The van der Waals surface area contributed by atoms with Crippen LogP contribution in [0, 0.1) is 18.6 Å². The number of pyridine rings is 2. The molecule has 0 aliphatic rings. The molecular weight excluding hydrogens is 474 g/mol. The molecular formula is C24H15ClF2N8. The highest BCUT2D eigenvalue weighted by Crippen LogP contribution is 2.37. The maximum atomic E-state index is 15.1. The molecule has 0 aliphatic carbocycles. The molecule has 0 aliphatic heterocycles. The number of nitrogens with zero attached hydrogens (tertiary/aromatic N) is 6. The van der Waals surface area contributed by atoms with E-state index in [1.165, 1.54) is 30.7 Å². The summed E-state index contributed by atoms with van der Waals surface area (Å²) in [6.45, 7) is 1.80. The Kier molecular flexibility index (Phi) is 4.71. The van der Waals surface area contributed by atoms with Crippen molar-refractivity contribution in [2.24, 2.45) is 0 Å². The Morgan fingerprint density at radius 1 is 0.971 bits per heavy atom. The summed E-state index contributed by atoms with van der Waals surface area (Å²) in [6.07, 6.45) is 4.36. The number of hydrogen-bond donors (Lipinski definition) is 2. The fraction of sp³-hybridized carbons (Fsp3) is 0.0417. The number of aryl methyl sites for hydroxylation is 1. The number of anilines is 1. The fourth-order valence-corrected chi connectivity index (χ4v) is 4.52. The quantitative estimate of drug-likeness (QED) is 0.352. The van der Waals surface area contributed by atoms with Gasteiger partial charge in [0.05, 0.1) is 27.1 Å². The van der Waals surface area contributed by atoms with Crippen molar-refractivity contribution in [3.63, 3.8) is 0 Å². The molecule has 0 amide bonds. The van der Waals surface area contributed by atoms with Gasteiger partial charge in [0, 0.05) is 23.5 Å². The van der Waals surface area contributed by atoms with Gasteiger partial charge in [0.25, 0.3) is 0 Å². The molecule has 6 rings (SSSR count). The third-order valence-electron chi connectivity index (χ3n) is 5.84. The number of aromatic amines is 1. The highest BCUT2D eigenvalue weighted by atomic mass is 35.5. The average molecular weight is 489 g/mol. The lowest BCUT2D eigenvalue weighted by atomic mass is 10.0. The minimum atomic E-state index is -0.648. The topological polar surface area (TPSA) is 111 Å². The number of rotatable bonds is 3. The van der Waals surface area contributed by atoms with Gasteiger partial charge in [-0.1, -0.05) is 11.6 Å². The van der Waals surface area contributed by atoms with E-state index in [0.717, 1.165) is 0 Å². The molecule has 0 atom stereocenters. The predicted molar refractivity (Wildman–Crippen MR) is 129 cm³/mol. The second kappa shape index (κ2) is 7.81. The van der Waals surface area contributed by atoms with E-state index >= 15 is 4.39 Å². The number of nitrogens with one attached hydrogen (secondary N) is 1. The maximum Gasteiger partial charge on any atom is 0.173 e. The lowest BCUT2D eigenvalue weighted by molar-refractivity contribution is 0.631. The van der Waals surface area contributed by atoms with Gasteiger partial charge in [-0.3, -0.25) is 14.6 Å². The molecule has 172 valence electrons. The highest BCUT2D eigenvalue weighted by Gasteiger charge is 2.21. The van der Waals surface area contributed by atoms with Crippen LogP contribution in [0.3, 0.4) is 0 Å². The molecule has 2 aromatic carbocycles. The van der Waals surface area contributed by atoms with Gasteiger partial charge in [0.15, 0.2) is 17.5 Å². The summed E-state index contributed by atoms with van der Waals surface area (Å²) in [5.41, 5.74) is 9.05. The molecule has 0 radical (unpaired) electrons. The smallest absolute Gasteiger partial charge is 0.173 e. The number of imidazole rings is 1. The first-order valence-corrected chi connectivity index (χ1v) is 10.8. The summed E-state index contributed by atoms with van der Waals surface area (Å²) in [7, 11) is 0. The number of fused-ring (bicyclic) bond motifs is 2. The van der Waals surface area contributed by atoms with Crippen LogP contribution in [-0.2, 0) is 0 Å². The Morgan fingerprint density at radius 2 is 1.80 bits per heavy atom. The average Bonchev–Trinajstić information content (AvgIpc) is 3.50. The molecule has 0 spiro atoms. The van der Waals surface area contributed by atoms with Crippen molar-refractivity contribution in [3.05, 3.63) is 77.6 Å². The molecule has 3 N–H and O–H groups in total. The van der Waals surface area contributed by atoms with Crippen LogP contribution in [0.2, 0.25) is 5.02 Å². The Balaban J connectivity index is 1.75. The largest absolute Gasteiger partial charge is 0.381 e. The first-order chi connectivity index (χ1) is 16.9. The summed E-state index contributed by atoms with van der Waals surface area (Å²) in [4.78, 5) is 17.1. The highest BCUT2D eigenvalue weighted by molar-refractivity contribution is 6.35. The van der Waals surface area contributed by atoms with Crippen LogP contribution < -0.4 is 5.73 Å². The van der Waals surface area contributed by atoms with E-state index in [2.05, 4.69) is 25.1 Å². The van der Waals surface area contributed by atoms with Crippen molar-refractivity contribution in [2.45, 2.75) is 6.92 Å². The fourth-order valence-electron chi connectivity index (χ4n) is 4.31. The normalized spacial score (nSPS) is 11.5. The minimum Gasteiger partial charge on any atom is -0.381 e. The van der Waals surface area contributed by atoms with Crippen molar-refractivity contribution < 1.29 is 8.78 Å². The van der Waals surface area contributed by atoms with Gasteiger partial charge in [-0.25, -0.2) is 23.7 Å². The number of nitrogen functional groups attached to an aromatic ring is 1. The van der Waals surface area contributed by atoms with Crippen LogP contribution in [0.15, 0.2) is 55.1 Å². The van der Waals surface area contributed by atoms with Crippen LogP contribution >= 0.6 is 11.6 Å². The molecule has 8 nitrogen and oxygen atoms in total. The Labute approximate surface area is 201 Å². The van der Waals surface area contributed by atoms with Crippen molar-refractivity contribution >= 4 is 39.4 Å². The first kappa shape index (κ1) is 21.1. The molecule has 35 heavy (non-hydrogen) atoms. The minimum absolute atomic E-state index is 0.217. The third kappa shape index (κ3) is 3.22. The van der Waals surface area contributed by atoms with Crippen LogP contribution in [0.4, 0.5) is 14.6 Å². The maximum absolute atomic E-state index is 15.1. The molecule has 6 aromatic rings. The third-order valence-corrected chi connectivity index (χ3v) is 6.14.